The molecule has 1 saturated heterocycles. The van der Waals surface area contributed by atoms with Crippen LogP contribution in [0.2, 0.25) is 0 Å². The Hall–Kier alpha value is -0.220. The quantitative estimate of drug-likeness (QED) is 0.727. The maximum Gasteiger partial charge on any atom is 0.317 e. The van der Waals surface area contributed by atoms with Gasteiger partial charge in [0, 0.05) is 24.1 Å². The number of aliphatic carboxylic acids is 1. The van der Waals surface area contributed by atoms with Gasteiger partial charge in [0.1, 0.15) is 0 Å². The van der Waals surface area contributed by atoms with Gasteiger partial charge in [-0.3, -0.25) is 9.69 Å². The van der Waals surface area contributed by atoms with Crippen LogP contribution in [0.15, 0.2) is 0 Å². The van der Waals surface area contributed by atoms with Gasteiger partial charge in [0.15, 0.2) is 0 Å². The fourth-order valence-corrected chi connectivity index (χ4v) is 2.29. The molecule has 1 rings (SSSR count). The molecule has 0 aromatic heterocycles. The summed E-state index contributed by atoms with van der Waals surface area (Å²) in [6, 6.07) is 0.503. The third kappa shape index (κ3) is 3.56. The van der Waals surface area contributed by atoms with E-state index < -0.39 is 5.97 Å². The molecule has 0 spiro atoms. The van der Waals surface area contributed by atoms with Crippen LogP contribution in [-0.2, 0) is 4.79 Å². The molecule has 0 aromatic rings. The van der Waals surface area contributed by atoms with E-state index in [1.165, 1.54) is 0 Å². The molecule has 4 heteroatoms. The molecule has 3 nitrogen and oxygen atoms in total. The summed E-state index contributed by atoms with van der Waals surface area (Å²) in [6.07, 6.45) is 0. The third-order valence-corrected chi connectivity index (χ3v) is 3.32. The minimum Gasteiger partial charge on any atom is -0.480 e. The largest absolute Gasteiger partial charge is 0.480 e. The molecule has 0 atom stereocenters. The van der Waals surface area contributed by atoms with Gasteiger partial charge in [-0.05, 0) is 5.92 Å². The van der Waals surface area contributed by atoms with Gasteiger partial charge in [-0.15, -0.1) is 0 Å². The molecule has 0 unspecified atom stereocenters. The zero-order valence-electron chi connectivity index (χ0n) is 8.19. The maximum atomic E-state index is 10.6. The van der Waals surface area contributed by atoms with Crippen LogP contribution < -0.4 is 0 Å². The first-order valence-electron chi connectivity index (χ1n) is 4.63. The Morgan fingerprint density at radius 2 is 2.23 bits per heavy atom. The summed E-state index contributed by atoms with van der Waals surface area (Å²) in [7, 11) is 0. The molecule has 0 aliphatic carbocycles. The van der Waals surface area contributed by atoms with Crippen molar-refractivity contribution in [2.24, 2.45) is 5.92 Å². The average molecular weight is 203 g/mol. The molecule has 1 aliphatic rings. The molecular weight excluding hydrogens is 186 g/mol. The van der Waals surface area contributed by atoms with Crippen molar-refractivity contribution in [2.45, 2.75) is 19.9 Å². The van der Waals surface area contributed by atoms with E-state index in [9.17, 15) is 4.79 Å². The molecule has 1 aliphatic heterocycles. The van der Waals surface area contributed by atoms with Gasteiger partial charge in [-0.25, -0.2) is 0 Å². The first kappa shape index (κ1) is 10.9. The highest BCUT2D eigenvalue weighted by Crippen LogP contribution is 2.23. The van der Waals surface area contributed by atoms with Crippen LogP contribution in [0, 0.1) is 5.92 Å². The van der Waals surface area contributed by atoms with Gasteiger partial charge in [-0.1, -0.05) is 13.8 Å². The first-order chi connectivity index (χ1) is 6.09. The number of carboxylic acid groups (broad SMARTS) is 1. The van der Waals surface area contributed by atoms with Crippen molar-refractivity contribution in [3.8, 4) is 0 Å². The van der Waals surface area contributed by atoms with Crippen molar-refractivity contribution in [3.63, 3.8) is 0 Å². The van der Waals surface area contributed by atoms with E-state index in [-0.39, 0.29) is 6.54 Å². The van der Waals surface area contributed by atoms with Crippen LogP contribution in [0.25, 0.3) is 0 Å². The number of nitrogens with zero attached hydrogens (tertiary/aromatic N) is 1. The molecule has 1 fully saturated rings. The van der Waals surface area contributed by atoms with Gasteiger partial charge in [0.25, 0.3) is 0 Å². The number of carboxylic acids is 1. The van der Waals surface area contributed by atoms with Gasteiger partial charge < -0.3 is 5.11 Å². The van der Waals surface area contributed by atoms with Crippen LogP contribution in [0.4, 0.5) is 0 Å². The van der Waals surface area contributed by atoms with Gasteiger partial charge in [0.05, 0.1) is 6.54 Å². The monoisotopic (exact) mass is 203 g/mol. The second kappa shape index (κ2) is 4.86. The summed E-state index contributed by atoms with van der Waals surface area (Å²) >= 11 is 1.89. The summed E-state index contributed by atoms with van der Waals surface area (Å²) in [5, 5.41) is 8.72. The average Bonchev–Trinajstić information content (AvgIpc) is 1.78. The van der Waals surface area contributed by atoms with E-state index in [4.69, 9.17) is 5.11 Å². The van der Waals surface area contributed by atoms with Crippen molar-refractivity contribution in [3.05, 3.63) is 0 Å². The van der Waals surface area contributed by atoms with Crippen molar-refractivity contribution < 1.29 is 9.90 Å². The van der Waals surface area contributed by atoms with E-state index in [0.29, 0.717) is 12.0 Å². The van der Waals surface area contributed by atoms with Crippen molar-refractivity contribution in [1.29, 1.82) is 0 Å². The molecule has 0 saturated carbocycles. The second-order valence-electron chi connectivity index (χ2n) is 3.91. The molecule has 76 valence electrons. The van der Waals surface area contributed by atoms with Crippen LogP contribution in [0.3, 0.4) is 0 Å². The second-order valence-corrected chi connectivity index (χ2v) is 4.98. The van der Waals surface area contributed by atoms with E-state index in [1.54, 1.807) is 0 Å². The van der Waals surface area contributed by atoms with Gasteiger partial charge >= 0.3 is 5.97 Å². The van der Waals surface area contributed by atoms with Crippen molar-refractivity contribution >= 4 is 17.7 Å². The highest BCUT2D eigenvalue weighted by molar-refractivity contribution is 8.00. The number of rotatable bonds is 5. The SMILES string of the molecule is CC(C)CN(CC(=O)O)C1CSC1. The van der Waals surface area contributed by atoms with E-state index >= 15 is 0 Å². The Balaban J connectivity index is 2.37. The summed E-state index contributed by atoms with van der Waals surface area (Å²) in [5.41, 5.74) is 0. The van der Waals surface area contributed by atoms with E-state index in [2.05, 4.69) is 18.7 Å². The van der Waals surface area contributed by atoms with Crippen LogP contribution in [-0.4, -0.2) is 46.6 Å². The maximum absolute atomic E-state index is 10.6. The van der Waals surface area contributed by atoms with E-state index in [0.717, 1.165) is 18.1 Å². The molecule has 1 heterocycles. The lowest BCUT2D eigenvalue weighted by molar-refractivity contribution is -0.138. The predicted octanol–water partition coefficient (Wildman–Crippen LogP) is 1.14. The Bertz CT molecular complexity index is 180. The Morgan fingerprint density at radius 3 is 2.54 bits per heavy atom. The fourth-order valence-electron chi connectivity index (χ4n) is 1.42. The van der Waals surface area contributed by atoms with Gasteiger partial charge in [0.2, 0.25) is 0 Å². The number of carbonyl (C=O) groups is 1. The summed E-state index contributed by atoms with van der Waals surface area (Å²) < 4.78 is 0. The topological polar surface area (TPSA) is 40.5 Å². The molecular formula is C9H17NO2S. The van der Waals surface area contributed by atoms with Crippen LogP contribution >= 0.6 is 11.8 Å². The predicted molar refractivity (Wildman–Crippen MR) is 55.2 cm³/mol. The highest BCUT2D eigenvalue weighted by Gasteiger charge is 2.27. The molecule has 1 N–H and O–H groups in total. The van der Waals surface area contributed by atoms with Crippen LogP contribution in [0.1, 0.15) is 13.8 Å². The molecule has 0 bridgehead atoms. The minimum absolute atomic E-state index is 0.198. The van der Waals surface area contributed by atoms with E-state index in [1.807, 2.05) is 11.8 Å². The van der Waals surface area contributed by atoms with Crippen LogP contribution in [0.5, 0.6) is 0 Å². The standard InChI is InChI=1S/C9H17NO2S/c1-7(2)3-10(4-9(11)12)8-5-13-6-8/h7-8H,3-6H2,1-2H3,(H,11,12). The lowest BCUT2D eigenvalue weighted by atomic mass is 10.2. The zero-order chi connectivity index (χ0) is 9.84. The van der Waals surface area contributed by atoms with Crippen molar-refractivity contribution in [1.82, 2.24) is 4.90 Å². The number of thioether (sulfide) groups is 1. The third-order valence-electron chi connectivity index (χ3n) is 2.07. The van der Waals surface area contributed by atoms with Gasteiger partial charge in [-0.2, -0.15) is 11.8 Å². The normalized spacial score (nSPS) is 17.8. The number of hydrogen-bond donors (Lipinski definition) is 1. The number of hydrogen-bond acceptors (Lipinski definition) is 3. The Morgan fingerprint density at radius 1 is 1.62 bits per heavy atom. The zero-order valence-corrected chi connectivity index (χ0v) is 9.01. The molecule has 0 aromatic carbocycles. The fraction of sp³-hybridized carbons (Fsp3) is 0.889. The first-order valence-corrected chi connectivity index (χ1v) is 5.78. The minimum atomic E-state index is -0.711. The summed E-state index contributed by atoms with van der Waals surface area (Å²) in [5.74, 6) is 2.03. The smallest absolute Gasteiger partial charge is 0.317 e. The summed E-state index contributed by atoms with van der Waals surface area (Å²) in [4.78, 5) is 12.7. The molecule has 0 radical (unpaired) electrons. The van der Waals surface area contributed by atoms with Crippen molar-refractivity contribution in [2.75, 3.05) is 24.6 Å². The molecule has 13 heavy (non-hydrogen) atoms. The Labute approximate surface area is 83.5 Å². The highest BCUT2D eigenvalue weighted by atomic mass is 32.2. The summed E-state index contributed by atoms with van der Waals surface area (Å²) in [6.45, 7) is 5.35. The lowest BCUT2D eigenvalue weighted by Crippen LogP contribution is -2.48. The molecule has 0 amide bonds. The Kier molecular flexibility index (Phi) is 4.06. The lowest BCUT2D eigenvalue weighted by Gasteiger charge is -2.36.